The number of carbonyl (C=O) groups excluding carboxylic acids is 1. The SMILES string of the molecule is C=CCn1cc(/C=N\NC(=O)c2cc(Br)ccc2OC)c2ccccc21. The minimum absolute atomic E-state index is 0.339. The number of hydrogen-bond acceptors (Lipinski definition) is 3. The minimum Gasteiger partial charge on any atom is -0.496 e. The zero-order valence-electron chi connectivity index (χ0n) is 14.3. The van der Waals surface area contributed by atoms with Crippen LogP contribution in [-0.4, -0.2) is 23.8 Å². The fourth-order valence-corrected chi connectivity index (χ4v) is 3.11. The lowest BCUT2D eigenvalue weighted by molar-refractivity contribution is 0.0952. The van der Waals surface area contributed by atoms with Gasteiger partial charge >= 0.3 is 0 Å². The van der Waals surface area contributed by atoms with E-state index in [1.165, 1.54) is 7.11 Å². The first-order valence-electron chi connectivity index (χ1n) is 7.99. The number of aromatic nitrogens is 1. The van der Waals surface area contributed by atoms with Crippen LogP contribution in [0.25, 0.3) is 10.9 Å². The van der Waals surface area contributed by atoms with Crippen LogP contribution in [0, 0.1) is 0 Å². The third kappa shape index (κ3) is 3.70. The van der Waals surface area contributed by atoms with Crippen LogP contribution in [-0.2, 0) is 6.54 Å². The number of ether oxygens (including phenoxy) is 1. The smallest absolute Gasteiger partial charge is 0.275 e. The highest BCUT2D eigenvalue weighted by Crippen LogP contribution is 2.23. The molecule has 26 heavy (non-hydrogen) atoms. The molecule has 132 valence electrons. The van der Waals surface area contributed by atoms with Crippen molar-refractivity contribution in [1.82, 2.24) is 9.99 Å². The van der Waals surface area contributed by atoms with Crippen LogP contribution in [0.5, 0.6) is 5.75 Å². The first-order chi connectivity index (χ1) is 12.6. The fourth-order valence-electron chi connectivity index (χ4n) is 2.75. The number of halogens is 1. The molecule has 5 nitrogen and oxygen atoms in total. The number of fused-ring (bicyclic) bond motifs is 1. The lowest BCUT2D eigenvalue weighted by Crippen LogP contribution is -2.18. The van der Waals surface area contributed by atoms with Gasteiger partial charge in [0.1, 0.15) is 5.75 Å². The highest BCUT2D eigenvalue weighted by Gasteiger charge is 2.12. The normalized spacial score (nSPS) is 11.0. The van der Waals surface area contributed by atoms with Crippen LogP contribution in [0.1, 0.15) is 15.9 Å². The van der Waals surface area contributed by atoms with Gasteiger partial charge in [0, 0.05) is 33.7 Å². The van der Waals surface area contributed by atoms with Crippen LogP contribution in [0.15, 0.2) is 70.9 Å². The molecular formula is C20H18BrN3O2. The van der Waals surface area contributed by atoms with Gasteiger partial charge in [0.25, 0.3) is 5.91 Å². The van der Waals surface area contributed by atoms with E-state index >= 15 is 0 Å². The number of carbonyl (C=O) groups is 1. The molecule has 0 aliphatic heterocycles. The number of allylic oxidation sites excluding steroid dienone is 1. The van der Waals surface area contributed by atoms with E-state index in [0.29, 0.717) is 17.9 Å². The molecule has 1 amide bonds. The Labute approximate surface area is 160 Å². The molecule has 0 aliphatic carbocycles. The molecule has 3 aromatic rings. The van der Waals surface area contributed by atoms with Gasteiger partial charge in [-0.2, -0.15) is 5.10 Å². The van der Waals surface area contributed by atoms with Crippen LogP contribution < -0.4 is 10.2 Å². The highest BCUT2D eigenvalue weighted by molar-refractivity contribution is 9.10. The van der Waals surface area contributed by atoms with Crippen molar-refractivity contribution in [2.75, 3.05) is 7.11 Å². The standard InChI is InChI=1S/C20H18BrN3O2/c1-3-10-24-13-14(16-6-4-5-7-18(16)24)12-22-23-20(25)17-11-15(21)8-9-19(17)26-2/h3-9,11-13H,1,10H2,2H3,(H,23,25)/b22-12-. The summed E-state index contributed by atoms with van der Waals surface area (Å²) in [5.74, 6) is 0.151. The topological polar surface area (TPSA) is 55.6 Å². The van der Waals surface area contributed by atoms with Gasteiger partial charge in [0.15, 0.2) is 0 Å². The van der Waals surface area contributed by atoms with E-state index in [2.05, 4.69) is 37.6 Å². The predicted molar refractivity (Wildman–Crippen MR) is 108 cm³/mol. The number of methoxy groups -OCH3 is 1. The van der Waals surface area contributed by atoms with Gasteiger partial charge in [0.2, 0.25) is 0 Å². The predicted octanol–water partition coefficient (Wildman–Crippen LogP) is 4.36. The summed E-state index contributed by atoms with van der Waals surface area (Å²) in [6, 6.07) is 13.3. The number of rotatable bonds is 6. The van der Waals surface area contributed by atoms with Crippen LogP contribution in [0.3, 0.4) is 0 Å². The summed E-state index contributed by atoms with van der Waals surface area (Å²) in [6.45, 7) is 4.49. The molecule has 0 aliphatic rings. The summed E-state index contributed by atoms with van der Waals surface area (Å²) in [6.07, 6.45) is 5.47. The van der Waals surface area contributed by atoms with E-state index < -0.39 is 0 Å². The average molecular weight is 412 g/mol. The molecule has 0 fully saturated rings. The van der Waals surface area contributed by atoms with Gasteiger partial charge in [-0.3, -0.25) is 4.79 Å². The van der Waals surface area contributed by atoms with Crippen molar-refractivity contribution in [2.24, 2.45) is 5.10 Å². The number of hydrazone groups is 1. The molecular weight excluding hydrogens is 394 g/mol. The maximum Gasteiger partial charge on any atom is 0.275 e. The molecule has 0 saturated heterocycles. The Hall–Kier alpha value is -2.86. The van der Waals surface area contributed by atoms with E-state index in [-0.39, 0.29) is 5.91 Å². The molecule has 2 aromatic carbocycles. The summed E-state index contributed by atoms with van der Waals surface area (Å²) in [5, 5.41) is 5.17. The van der Waals surface area contributed by atoms with Crippen molar-refractivity contribution in [2.45, 2.75) is 6.54 Å². The maximum atomic E-state index is 12.4. The Balaban J connectivity index is 1.83. The van der Waals surface area contributed by atoms with Gasteiger partial charge in [-0.15, -0.1) is 6.58 Å². The van der Waals surface area contributed by atoms with Crippen molar-refractivity contribution in [3.63, 3.8) is 0 Å². The summed E-state index contributed by atoms with van der Waals surface area (Å²) < 4.78 is 8.11. The van der Waals surface area contributed by atoms with Crippen LogP contribution in [0.4, 0.5) is 0 Å². The number of benzene rings is 2. The Morgan fingerprint density at radius 2 is 2.15 bits per heavy atom. The highest BCUT2D eigenvalue weighted by atomic mass is 79.9. The second-order valence-corrected chi connectivity index (χ2v) is 6.50. The van der Waals surface area contributed by atoms with Crippen LogP contribution in [0.2, 0.25) is 0 Å². The maximum absolute atomic E-state index is 12.4. The van der Waals surface area contributed by atoms with Crippen molar-refractivity contribution in [3.8, 4) is 5.75 Å². The van der Waals surface area contributed by atoms with Gasteiger partial charge in [0.05, 0.1) is 18.9 Å². The van der Waals surface area contributed by atoms with Crippen molar-refractivity contribution >= 4 is 39.0 Å². The summed E-state index contributed by atoms with van der Waals surface area (Å²) >= 11 is 3.36. The van der Waals surface area contributed by atoms with Crippen LogP contribution >= 0.6 is 15.9 Å². The molecule has 0 bridgehead atoms. The monoisotopic (exact) mass is 411 g/mol. The largest absolute Gasteiger partial charge is 0.496 e. The Morgan fingerprint density at radius 1 is 1.35 bits per heavy atom. The zero-order valence-corrected chi connectivity index (χ0v) is 15.9. The number of amides is 1. The van der Waals surface area contributed by atoms with Gasteiger partial charge in [-0.05, 0) is 24.3 Å². The third-order valence-corrected chi connectivity index (χ3v) is 4.41. The minimum atomic E-state index is -0.339. The molecule has 6 heteroatoms. The lowest BCUT2D eigenvalue weighted by atomic mass is 10.2. The Kier molecular flexibility index (Phi) is 5.53. The molecule has 0 unspecified atom stereocenters. The zero-order chi connectivity index (χ0) is 18.5. The summed E-state index contributed by atoms with van der Waals surface area (Å²) in [5.41, 5.74) is 4.98. The number of para-hydroxylation sites is 1. The molecule has 1 N–H and O–H groups in total. The Morgan fingerprint density at radius 3 is 2.92 bits per heavy atom. The van der Waals surface area contributed by atoms with E-state index in [9.17, 15) is 4.79 Å². The van der Waals surface area contributed by atoms with E-state index in [1.807, 2.05) is 42.6 Å². The Bertz CT molecular complexity index is 992. The van der Waals surface area contributed by atoms with Crippen molar-refractivity contribution in [1.29, 1.82) is 0 Å². The quantitative estimate of drug-likeness (QED) is 0.372. The second-order valence-electron chi connectivity index (χ2n) is 5.59. The number of hydrogen-bond donors (Lipinski definition) is 1. The molecule has 0 spiro atoms. The molecule has 1 heterocycles. The van der Waals surface area contributed by atoms with Crippen molar-refractivity contribution < 1.29 is 9.53 Å². The molecule has 3 rings (SSSR count). The summed E-state index contributed by atoms with van der Waals surface area (Å²) in [7, 11) is 1.53. The first-order valence-corrected chi connectivity index (χ1v) is 8.79. The van der Waals surface area contributed by atoms with E-state index in [1.54, 1.807) is 18.3 Å². The van der Waals surface area contributed by atoms with Gasteiger partial charge in [-0.25, -0.2) is 5.43 Å². The number of nitrogens with one attached hydrogen (secondary N) is 1. The summed E-state index contributed by atoms with van der Waals surface area (Å²) in [4.78, 5) is 12.4. The van der Waals surface area contributed by atoms with Gasteiger partial charge < -0.3 is 9.30 Å². The molecule has 0 saturated carbocycles. The average Bonchev–Trinajstić information content (AvgIpc) is 3.00. The van der Waals surface area contributed by atoms with E-state index in [4.69, 9.17) is 4.74 Å². The van der Waals surface area contributed by atoms with Gasteiger partial charge in [-0.1, -0.05) is 40.2 Å². The molecule has 0 atom stereocenters. The van der Waals surface area contributed by atoms with E-state index in [0.717, 1.165) is 20.9 Å². The second kappa shape index (κ2) is 8.01. The third-order valence-electron chi connectivity index (χ3n) is 3.92. The molecule has 1 aromatic heterocycles. The van der Waals surface area contributed by atoms with Crippen molar-refractivity contribution in [3.05, 3.63) is 76.9 Å². The molecule has 0 radical (unpaired) electrons. The number of nitrogens with zero attached hydrogens (tertiary/aromatic N) is 2. The lowest BCUT2D eigenvalue weighted by Gasteiger charge is -2.07. The fraction of sp³-hybridized carbons (Fsp3) is 0.100. The first kappa shape index (κ1) is 17.9.